The molecule has 106 valence electrons. The maximum absolute atomic E-state index is 9.63. The van der Waals surface area contributed by atoms with Crippen LogP contribution in [0.15, 0.2) is 0 Å². The topological polar surface area (TPSA) is 41.9 Å². The van der Waals surface area contributed by atoms with Crippen LogP contribution in [0.3, 0.4) is 0 Å². The van der Waals surface area contributed by atoms with Crippen molar-refractivity contribution in [3.63, 3.8) is 0 Å². The zero-order valence-corrected chi connectivity index (χ0v) is 11.6. The first-order valence-electron chi connectivity index (χ1n) is 7.19. The molecular formula is C14H27NO3. The van der Waals surface area contributed by atoms with Gasteiger partial charge in [-0.15, -0.1) is 0 Å². The summed E-state index contributed by atoms with van der Waals surface area (Å²) < 4.78 is 11.0. The van der Waals surface area contributed by atoms with Gasteiger partial charge in [-0.1, -0.05) is 0 Å². The molecule has 0 bridgehead atoms. The molecule has 4 nitrogen and oxygen atoms in total. The third-order valence-electron chi connectivity index (χ3n) is 4.16. The zero-order chi connectivity index (χ0) is 12.8. The Labute approximate surface area is 110 Å². The van der Waals surface area contributed by atoms with Crippen LogP contribution in [0.4, 0.5) is 0 Å². The molecule has 2 aliphatic rings. The molecule has 2 rings (SSSR count). The number of likely N-dealkylation sites (N-methyl/N-ethyl adjacent to an activating group) is 1. The van der Waals surface area contributed by atoms with Crippen molar-refractivity contribution in [1.82, 2.24) is 4.90 Å². The van der Waals surface area contributed by atoms with Crippen LogP contribution in [-0.4, -0.2) is 63.2 Å². The third-order valence-corrected chi connectivity index (χ3v) is 4.16. The van der Waals surface area contributed by atoms with Gasteiger partial charge in [0.05, 0.1) is 13.2 Å². The minimum atomic E-state index is 0.0451. The summed E-state index contributed by atoms with van der Waals surface area (Å²) in [6, 6.07) is 0. The van der Waals surface area contributed by atoms with Crippen LogP contribution >= 0.6 is 0 Å². The van der Waals surface area contributed by atoms with Gasteiger partial charge < -0.3 is 19.5 Å². The lowest BCUT2D eigenvalue weighted by Gasteiger charge is -2.38. The second-order valence-corrected chi connectivity index (χ2v) is 6.03. The fraction of sp³-hybridized carbons (Fsp3) is 1.00. The van der Waals surface area contributed by atoms with Crippen LogP contribution < -0.4 is 0 Å². The molecule has 0 aromatic heterocycles. The van der Waals surface area contributed by atoms with Crippen LogP contribution in [0.2, 0.25) is 0 Å². The summed E-state index contributed by atoms with van der Waals surface area (Å²) in [5, 5.41) is 9.63. The van der Waals surface area contributed by atoms with E-state index in [9.17, 15) is 5.11 Å². The van der Waals surface area contributed by atoms with Gasteiger partial charge in [-0.2, -0.15) is 0 Å². The molecule has 0 radical (unpaired) electrons. The van der Waals surface area contributed by atoms with E-state index in [1.807, 2.05) is 0 Å². The van der Waals surface area contributed by atoms with Gasteiger partial charge in [0.15, 0.2) is 0 Å². The fourth-order valence-electron chi connectivity index (χ4n) is 2.58. The van der Waals surface area contributed by atoms with E-state index in [0.717, 1.165) is 58.3 Å². The molecule has 0 aromatic carbocycles. The van der Waals surface area contributed by atoms with E-state index in [2.05, 4.69) is 11.9 Å². The van der Waals surface area contributed by atoms with Crippen molar-refractivity contribution in [2.45, 2.75) is 25.7 Å². The fourth-order valence-corrected chi connectivity index (χ4v) is 2.58. The highest BCUT2D eigenvalue weighted by atomic mass is 16.5. The monoisotopic (exact) mass is 257 g/mol. The Morgan fingerprint density at radius 1 is 1.33 bits per heavy atom. The number of rotatable bonds is 8. The van der Waals surface area contributed by atoms with E-state index < -0.39 is 0 Å². The molecule has 0 atom stereocenters. The molecule has 18 heavy (non-hydrogen) atoms. The first-order valence-corrected chi connectivity index (χ1v) is 7.19. The quantitative estimate of drug-likeness (QED) is 0.662. The Morgan fingerprint density at radius 2 is 2.06 bits per heavy atom. The number of hydrogen-bond donors (Lipinski definition) is 1. The predicted molar refractivity (Wildman–Crippen MR) is 70.6 cm³/mol. The summed E-state index contributed by atoms with van der Waals surface area (Å²) in [5.41, 5.74) is 0.0451. The first kappa shape index (κ1) is 14.3. The molecule has 1 aliphatic carbocycles. The van der Waals surface area contributed by atoms with Crippen molar-refractivity contribution in [2.24, 2.45) is 11.3 Å². The summed E-state index contributed by atoms with van der Waals surface area (Å²) >= 11 is 0. The van der Waals surface area contributed by atoms with Crippen molar-refractivity contribution in [1.29, 1.82) is 0 Å². The normalized spacial score (nSPS) is 23.5. The zero-order valence-electron chi connectivity index (χ0n) is 11.6. The lowest BCUT2D eigenvalue weighted by molar-refractivity contribution is -0.0337. The molecule has 4 heteroatoms. The molecule has 1 heterocycles. The second kappa shape index (κ2) is 6.85. The predicted octanol–water partition coefficient (Wildman–Crippen LogP) is 1.13. The van der Waals surface area contributed by atoms with Gasteiger partial charge in [0.2, 0.25) is 0 Å². The Hall–Kier alpha value is -0.160. The van der Waals surface area contributed by atoms with Gasteiger partial charge in [0.1, 0.15) is 0 Å². The van der Waals surface area contributed by atoms with E-state index >= 15 is 0 Å². The number of aliphatic hydroxyl groups excluding tert-OH is 1. The Bertz CT molecular complexity index is 237. The highest BCUT2D eigenvalue weighted by Crippen LogP contribution is 2.31. The highest BCUT2D eigenvalue weighted by Gasteiger charge is 2.33. The molecule has 2 fully saturated rings. The minimum Gasteiger partial charge on any atom is -0.396 e. The van der Waals surface area contributed by atoms with Crippen molar-refractivity contribution in [3.8, 4) is 0 Å². The van der Waals surface area contributed by atoms with Crippen molar-refractivity contribution in [2.75, 3.05) is 53.2 Å². The number of hydrogen-bond acceptors (Lipinski definition) is 4. The van der Waals surface area contributed by atoms with Crippen LogP contribution in [0.25, 0.3) is 0 Å². The number of nitrogens with zero attached hydrogens (tertiary/aromatic N) is 1. The Morgan fingerprint density at radius 3 is 2.67 bits per heavy atom. The van der Waals surface area contributed by atoms with Gasteiger partial charge in [-0.05, 0) is 38.6 Å². The third kappa shape index (κ3) is 4.50. The van der Waals surface area contributed by atoms with Crippen LogP contribution in [0.1, 0.15) is 25.7 Å². The largest absolute Gasteiger partial charge is 0.396 e. The lowest BCUT2D eigenvalue weighted by atomic mass is 9.80. The van der Waals surface area contributed by atoms with Crippen LogP contribution in [0.5, 0.6) is 0 Å². The van der Waals surface area contributed by atoms with E-state index in [1.54, 1.807) is 0 Å². The second-order valence-electron chi connectivity index (χ2n) is 6.03. The van der Waals surface area contributed by atoms with Gasteiger partial charge in [-0.25, -0.2) is 0 Å². The summed E-state index contributed by atoms with van der Waals surface area (Å²) in [5.74, 6) is 0.842. The van der Waals surface area contributed by atoms with E-state index in [1.165, 1.54) is 12.8 Å². The maximum atomic E-state index is 9.63. The molecule has 0 unspecified atom stereocenters. The molecule has 0 aromatic rings. The summed E-state index contributed by atoms with van der Waals surface area (Å²) in [6.45, 7) is 5.48. The molecular weight excluding hydrogens is 230 g/mol. The van der Waals surface area contributed by atoms with Crippen molar-refractivity contribution in [3.05, 3.63) is 0 Å². The van der Waals surface area contributed by atoms with E-state index in [-0.39, 0.29) is 12.0 Å². The summed E-state index contributed by atoms with van der Waals surface area (Å²) in [6.07, 6.45) is 4.64. The summed E-state index contributed by atoms with van der Waals surface area (Å²) in [7, 11) is 2.12. The average molecular weight is 257 g/mol. The van der Waals surface area contributed by atoms with E-state index in [0.29, 0.717) is 0 Å². The van der Waals surface area contributed by atoms with Crippen molar-refractivity contribution >= 4 is 0 Å². The Kier molecular flexibility index (Phi) is 5.42. The average Bonchev–Trinajstić information content (AvgIpc) is 3.20. The SMILES string of the molecule is CN(CCOCC1CC1)CC1(CO)CCOCC1. The van der Waals surface area contributed by atoms with Crippen molar-refractivity contribution < 1.29 is 14.6 Å². The van der Waals surface area contributed by atoms with Gasteiger partial charge in [0, 0.05) is 38.3 Å². The highest BCUT2D eigenvalue weighted by molar-refractivity contribution is 4.84. The summed E-state index contributed by atoms with van der Waals surface area (Å²) in [4.78, 5) is 2.29. The number of aliphatic hydroxyl groups is 1. The molecule has 1 saturated carbocycles. The molecule has 1 N–H and O–H groups in total. The molecule has 1 aliphatic heterocycles. The van der Waals surface area contributed by atoms with E-state index in [4.69, 9.17) is 9.47 Å². The molecule has 1 saturated heterocycles. The van der Waals surface area contributed by atoms with Gasteiger partial charge >= 0.3 is 0 Å². The maximum Gasteiger partial charge on any atom is 0.0593 e. The number of ether oxygens (including phenoxy) is 2. The lowest BCUT2D eigenvalue weighted by Crippen LogP contribution is -2.43. The van der Waals surface area contributed by atoms with Crippen LogP contribution in [-0.2, 0) is 9.47 Å². The standard InChI is InChI=1S/C14H27NO3/c1-15(6-9-18-10-13-2-3-13)11-14(12-16)4-7-17-8-5-14/h13,16H,2-12H2,1H3. The molecule has 0 amide bonds. The smallest absolute Gasteiger partial charge is 0.0593 e. The van der Waals surface area contributed by atoms with Crippen LogP contribution in [0, 0.1) is 11.3 Å². The Balaban J connectivity index is 1.62. The minimum absolute atomic E-state index is 0.0451. The van der Waals surface area contributed by atoms with Gasteiger partial charge in [-0.3, -0.25) is 0 Å². The first-order chi connectivity index (χ1) is 8.74. The molecule has 0 spiro atoms. The van der Waals surface area contributed by atoms with Gasteiger partial charge in [0.25, 0.3) is 0 Å².